The fraction of sp³-hybridized carbons (Fsp3) is 0.294. The number of benzene rings is 1. The van der Waals surface area contributed by atoms with Gasteiger partial charge in [-0.15, -0.1) is 5.10 Å². The number of nitrogens with one attached hydrogen (secondary N) is 1. The Morgan fingerprint density at radius 3 is 2.62 bits per heavy atom. The van der Waals surface area contributed by atoms with Crippen molar-refractivity contribution in [2.24, 2.45) is 0 Å². The zero-order chi connectivity index (χ0) is 17.1. The van der Waals surface area contributed by atoms with Crippen LogP contribution in [0.3, 0.4) is 0 Å². The van der Waals surface area contributed by atoms with Crippen LogP contribution in [0.15, 0.2) is 36.5 Å². The van der Waals surface area contributed by atoms with Gasteiger partial charge in [0.2, 0.25) is 5.95 Å². The first-order valence-electron chi connectivity index (χ1n) is 7.74. The minimum absolute atomic E-state index is 0.0771. The van der Waals surface area contributed by atoms with Crippen molar-refractivity contribution >= 4 is 5.95 Å². The van der Waals surface area contributed by atoms with Gasteiger partial charge < -0.3 is 5.32 Å². The molecule has 3 rings (SSSR count). The fourth-order valence-corrected chi connectivity index (χ4v) is 2.51. The molecule has 0 spiro atoms. The summed E-state index contributed by atoms with van der Waals surface area (Å²) >= 11 is 0. The van der Waals surface area contributed by atoms with E-state index in [0.29, 0.717) is 18.2 Å². The smallest absolute Gasteiger partial charge is 0.243 e. The van der Waals surface area contributed by atoms with Crippen LogP contribution in [0.1, 0.15) is 18.3 Å². The minimum Gasteiger partial charge on any atom is -0.349 e. The summed E-state index contributed by atoms with van der Waals surface area (Å²) in [7, 11) is 0. The second-order valence-corrected chi connectivity index (χ2v) is 5.83. The number of nitrogens with zero attached hydrogens (tertiary/aromatic N) is 5. The van der Waals surface area contributed by atoms with Crippen molar-refractivity contribution in [3.05, 3.63) is 53.7 Å². The summed E-state index contributed by atoms with van der Waals surface area (Å²) in [6, 6.07) is 8.25. The SMILES string of the molecule is Cc1cc(C)n(CC(C)Nc2nncc(-c3ccc(F)cc3)n2)n1. The molecule has 124 valence electrons. The van der Waals surface area contributed by atoms with E-state index in [-0.39, 0.29) is 11.9 Å². The van der Waals surface area contributed by atoms with Gasteiger partial charge in [0, 0.05) is 17.3 Å². The number of anilines is 1. The van der Waals surface area contributed by atoms with Gasteiger partial charge in [-0.3, -0.25) is 4.68 Å². The molecule has 1 N–H and O–H groups in total. The zero-order valence-corrected chi connectivity index (χ0v) is 13.9. The van der Waals surface area contributed by atoms with E-state index in [0.717, 1.165) is 17.0 Å². The number of hydrogen-bond acceptors (Lipinski definition) is 5. The fourth-order valence-electron chi connectivity index (χ4n) is 2.51. The van der Waals surface area contributed by atoms with Gasteiger partial charge in [0.25, 0.3) is 0 Å². The molecule has 7 heteroatoms. The Bertz CT molecular complexity index is 827. The molecule has 0 aliphatic carbocycles. The highest BCUT2D eigenvalue weighted by Crippen LogP contribution is 2.17. The maximum atomic E-state index is 13.0. The summed E-state index contributed by atoms with van der Waals surface area (Å²) in [5.74, 6) is 0.156. The standard InChI is InChI=1S/C17H19FN6/c1-11-8-13(3)24(23-11)10-12(2)20-17-21-16(9-19-22-17)14-4-6-15(18)7-5-14/h4-9,12H,10H2,1-3H3,(H,20,21,22). The second-order valence-electron chi connectivity index (χ2n) is 5.83. The summed E-state index contributed by atoms with van der Waals surface area (Å²) in [6.45, 7) is 6.73. The third kappa shape index (κ3) is 3.73. The molecule has 0 radical (unpaired) electrons. The van der Waals surface area contributed by atoms with E-state index in [1.54, 1.807) is 18.3 Å². The van der Waals surface area contributed by atoms with Gasteiger partial charge in [-0.2, -0.15) is 10.2 Å². The molecule has 2 aromatic heterocycles. The molecule has 0 amide bonds. The predicted molar refractivity (Wildman–Crippen MR) is 90.0 cm³/mol. The van der Waals surface area contributed by atoms with E-state index in [1.807, 2.05) is 31.5 Å². The summed E-state index contributed by atoms with van der Waals surface area (Å²) in [4.78, 5) is 4.45. The van der Waals surface area contributed by atoms with E-state index in [1.165, 1.54) is 12.1 Å². The van der Waals surface area contributed by atoms with Crippen LogP contribution in [0.4, 0.5) is 10.3 Å². The molecular formula is C17H19FN6. The predicted octanol–water partition coefficient (Wildman–Crippen LogP) is 2.99. The number of aromatic nitrogens is 5. The van der Waals surface area contributed by atoms with Gasteiger partial charge in [0.1, 0.15) is 5.82 Å². The molecule has 0 bridgehead atoms. The lowest BCUT2D eigenvalue weighted by Gasteiger charge is -2.15. The highest BCUT2D eigenvalue weighted by atomic mass is 19.1. The van der Waals surface area contributed by atoms with Crippen molar-refractivity contribution in [1.82, 2.24) is 25.0 Å². The zero-order valence-electron chi connectivity index (χ0n) is 13.9. The third-order valence-electron chi connectivity index (χ3n) is 3.62. The Kier molecular flexibility index (Phi) is 4.50. The van der Waals surface area contributed by atoms with Crippen LogP contribution >= 0.6 is 0 Å². The van der Waals surface area contributed by atoms with Crippen LogP contribution in [0.25, 0.3) is 11.3 Å². The topological polar surface area (TPSA) is 68.5 Å². The summed E-state index contributed by atoms with van der Waals surface area (Å²) in [5, 5.41) is 15.7. The first kappa shape index (κ1) is 16.0. The molecule has 1 aromatic carbocycles. The van der Waals surface area contributed by atoms with Crippen molar-refractivity contribution in [3.63, 3.8) is 0 Å². The summed E-state index contributed by atoms with van der Waals surface area (Å²) in [5.41, 5.74) is 3.54. The van der Waals surface area contributed by atoms with E-state index in [2.05, 4.69) is 25.6 Å². The van der Waals surface area contributed by atoms with Crippen molar-refractivity contribution in [2.75, 3.05) is 5.32 Å². The van der Waals surface area contributed by atoms with Crippen molar-refractivity contribution in [1.29, 1.82) is 0 Å². The van der Waals surface area contributed by atoms with Gasteiger partial charge in [-0.05, 0) is 51.1 Å². The highest BCUT2D eigenvalue weighted by Gasteiger charge is 2.10. The summed E-state index contributed by atoms with van der Waals surface area (Å²) < 4.78 is 15.0. The number of hydrogen-bond donors (Lipinski definition) is 1. The van der Waals surface area contributed by atoms with Crippen molar-refractivity contribution in [3.8, 4) is 11.3 Å². The number of aryl methyl sites for hydroxylation is 2. The molecule has 0 saturated carbocycles. The van der Waals surface area contributed by atoms with Crippen molar-refractivity contribution < 1.29 is 4.39 Å². The summed E-state index contributed by atoms with van der Waals surface area (Å²) in [6.07, 6.45) is 1.56. The normalized spacial score (nSPS) is 12.2. The minimum atomic E-state index is -0.280. The van der Waals surface area contributed by atoms with Gasteiger partial charge in [-0.1, -0.05) is 0 Å². The monoisotopic (exact) mass is 326 g/mol. The molecule has 0 fully saturated rings. The Morgan fingerprint density at radius 2 is 1.96 bits per heavy atom. The van der Waals surface area contributed by atoms with Crippen LogP contribution in [-0.2, 0) is 6.54 Å². The van der Waals surface area contributed by atoms with Gasteiger partial charge in [0.15, 0.2) is 0 Å². The largest absolute Gasteiger partial charge is 0.349 e. The lowest BCUT2D eigenvalue weighted by Crippen LogP contribution is -2.24. The Hall–Kier alpha value is -2.83. The molecule has 24 heavy (non-hydrogen) atoms. The maximum Gasteiger partial charge on any atom is 0.243 e. The second kappa shape index (κ2) is 6.74. The van der Waals surface area contributed by atoms with Gasteiger partial charge in [-0.25, -0.2) is 9.37 Å². The lowest BCUT2D eigenvalue weighted by atomic mass is 10.2. The third-order valence-corrected chi connectivity index (χ3v) is 3.62. The van der Waals surface area contributed by atoms with E-state index >= 15 is 0 Å². The Balaban J connectivity index is 1.72. The van der Waals surface area contributed by atoms with Crippen LogP contribution in [0.5, 0.6) is 0 Å². The van der Waals surface area contributed by atoms with Crippen LogP contribution in [0, 0.1) is 19.7 Å². The number of rotatable bonds is 5. The molecule has 6 nitrogen and oxygen atoms in total. The average Bonchev–Trinajstić information content (AvgIpc) is 2.85. The molecule has 3 aromatic rings. The van der Waals surface area contributed by atoms with E-state index in [9.17, 15) is 4.39 Å². The van der Waals surface area contributed by atoms with E-state index in [4.69, 9.17) is 0 Å². The van der Waals surface area contributed by atoms with Gasteiger partial charge >= 0.3 is 0 Å². The van der Waals surface area contributed by atoms with E-state index < -0.39 is 0 Å². The molecule has 0 aliphatic rings. The van der Waals surface area contributed by atoms with Crippen LogP contribution in [0.2, 0.25) is 0 Å². The average molecular weight is 326 g/mol. The van der Waals surface area contributed by atoms with Crippen molar-refractivity contribution in [2.45, 2.75) is 33.4 Å². The Labute approximate surface area is 139 Å². The lowest BCUT2D eigenvalue weighted by molar-refractivity contribution is 0.542. The molecule has 1 unspecified atom stereocenters. The first-order chi connectivity index (χ1) is 11.5. The Morgan fingerprint density at radius 1 is 1.21 bits per heavy atom. The molecular weight excluding hydrogens is 307 g/mol. The maximum absolute atomic E-state index is 13.0. The quantitative estimate of drug-likeness (QED) is 0.780. The van der Waals surface area contributed by atoms with Crippen LogP contribution < -0.4 is 5.32 Å². The first-order valence-corrected chi connectivity index (χ1v) is 7.74. The molecule has 0 aliphatic heterocycles. The van der Waals surface area contributed by atoms with Crippen LogP contribution in [-0.4, -0.2) is 31.0 Å². The molecule has 2 heterocycles. The molecule has 1 atom stereocenters. The van der Waals surface area contributed by atoms with Gasteiger partial charge in [0.05, 0.1) is 24.1 Å². The highest BCUT2D eigenvalue weighted by molar-refractivity contribution is 5.58. The number of halogens is 1. The molecule has 0 saturated heterocycles.